The molecular formula is C39H38FN5O4S. The summed E-state index contributed by atoms with van der Waals surface area (Å²) < 4.78 is 52.1. The number of hydrogen-bond donors (Lipinski definition) is 2. The number of amides is 2. The summed E-state index contributed by atoms with van der Waals surface area (Å²) in [5.74, 6) is 0.247. The first-order valence-electron chi connectivity index (χ1n) is 16.9. The number of ether oxygens (including phenoxy) is 2. The Hall–Kier alpha value is -5.00. The van der Waals surface area contributed by atoms with Crippen LogP contribution in [-0.2, 0) is 52.4 Å². The van der Waals surface area contributed by atoms with Crippen LogP contribution in [0.3, 0.4) is 0 Å². The van der Waals surface area contributed by atoms with Gasteiger partial charge in [0, 0.05) is 25.6 Å². The molecule has 2 amide bonds. The third-order valence-corrected chi connectivity index (χ3v) is 11.8. The van der Waals surface area contributed by atoms with Crippen LogP contribution in [0, 0.1) is 0 Å². The summed E-state index contributed by atoms with van der Waals surface area (Å²) in [5, 5.41) is 7.56. The molecule has 1 aliphatic heterocycles. The van der Waals surface area contributed by atoms with Gasteiger partial charge in [-0.15, -0.1) is 0 Å². The van der Waals surface area contributed by atoms with E-state index in [4.69, 9.17) is 13.8 Å². The maximum Gasteiger partial charge on any atom is 0.331 e. The van der Waals surface area contributed by atoms with Crippen molar-refractivity contribution in [2.45, 2.75) is 61.4 Å². The Kier molecular flexibility index (Phi) is 8.40. The molecule has 1 aromatic heterocycles. The van der Waals surface area contributed by atoms with Crippen molar-refractivity contribution in [3.05, 3.63) is 142 Å². The van der Waals surface area contributed by atoms with Gasteiger partial charge in [0.05, 0.1) is 12.7 Å². The van der Waals surface area contributed by atoms with Gasteiger partial charge in [0.2, 0.25) is 5.88 Å². The topological polar surface area (TPSA) is 107 Å². The summed E-state index contributed by atoms with van der Waals surface area (Å²) >= 11 is 0. The highest BCUT2D eigenvalue weighted by Crippen LogP contribution is 2.44. The molecule has 0 radical (unpaired) electrons. The number of hydrogen-bond acceptors (Lipinski definition) is 6. The molecule has 4 aromatic carbocycles. The van der Waals surface area contributed by atoms with Crippen molar-refractivity contribution in [3.8, 4) is 5.88 Å². The highest BCUT2D eigenvalue weighted by atomic mass is 32.2. The number of carbonyl (C=O) groups excluding carboxylic acids is 1. The number of nitrogens with zero attached hydrogens (tertiary/aromatic N) is 3. The minimum absolute atomic E-state index is 0.140. The van der Waals surface area contributed by atoms with E-state index in [1.807, 2.05) is 91.0 Å². The first-order chi connectivity index (χ1) is 24.4. The molecule has 0 bridgehead atoms. The van der Waals surface area contributed by atoms with E-state index in [0.29, 0.717) is 18.7 Å². The van der Waals surface area contributed by atoms with Crippen LogP contribution in [0.1, 0.15) is 45.4 Å². The van der Waals surface area contributed by atoms with Gasteiger partial charge < -0.3 is 14.8 Å². The molecule has 2 heterocycles. The molecule has 256 valence electrons. The van der Waals surface area contributed by atoms with Gasteiger partial charge in [-0.05, 0) is 58.2 Å². The molecule has 2 N–H and O–H groups in total. The molecule has 0 saturated carbocycles. The fraction of sp³-hybridized carbons (Fsp3) is 0.282. The molecule has 0 unspecified atom stereocenters. The zero-order valence-electron chi connectivity index (χ0n) is 27.7. The third-order valence-electron chi connectivity index (χ3n) is 9.95. The number of benzene rings is 4. The lowest BCUT2D eigenvalue weighted by atomic mass is 9.78. The van der Waals surface area contributed by atoms with Gasteiger partial charge >= 0.3 is 6.03 Å². The molecule has 50 heavy (non-hydrogen) atoms. The lowest BCUT2D eigenvalue weighted by Gasteiger charge is -2.33. The highest BCUT2D eigenvalue weighted by molar-refractivity contribution is 7.92. The Labute approximate surface area is 291 Å². The van der Waals surface area contributed by atoms with Gasteiger partial charge in [0.15, 0.2) is 9.92 Å². The molecule has 8 rings (SSSR count). The molecule has 0 saturated heterocycles. The number of anilines is 1. The van der Waals surface area contributed by atoms with Crippen molar-refractivity contribution in [2.24, 2.45) is 4.36 Å². The Balaban J connectivity index is 1.33. The number of fused-ring (bicyclic) bond motifs is 3. The van der Waals surface area contributed by atoms with Gasteiger partial charge in [-0.2, -0.15) is 9.46 Å². The number of carbonyl (C=O) groups is 1. The quantitative estimate of drug-likeness (QED) is 0.175. The minimum atomic E-state index is -3.91. The zero-order valence-corrected chi connectivity index (χ0v) is 28.5. The molecule has 5 aromatic rings. The van der Waals surface area contributed by atoms with Gasteiger partial charge in [0.25, 0.3) is 0 Å². The van der Waals surface area contributed by atoms with Gasteiger partial charge in [-0.3, -0.25) is 0 Å². The van der Waals surface area contributed by atoms with Crippen LogP contribution in [0.25, 0.3) is 0 Å². The van der Waals surface area contributed by atoms with Crippen LogP contribution in [0.4, 0.5) is 14.9 Å². The predicted molar refractivity (Wildman–Crippen MR) is 189 cm³/mol. The maximum atomic E-state index is 16.0. The Morgan fingerprint density at radius 2 is 1.58 bits per heavy atom. The monoisotopic (exact) mass is 691 g/mol. The largest absolute Gasteiger partial charge is 0.474 e. The van der Waals surface area contributed by atoms with Crippen LogP contribution in [0.5, 0.6) is 5.88 Å². The molecule has 3 aliphatic rings. The fourth-order valence-electron chi connectivity index (χ4n) is 7.61. The summed E-state index contributed by atoms with van der Waals surface area (Å²) in [4.78, 5) is 14.5. The van der Waals surface area contributed by atoms with Crippen LogP contribution in [-0.4, -0.2) is 46.0 Å². The summed E-state index contributed by atoms with van der Waals surface area (Å²) in [5.41, 5.74) is 5.39. The summed E-state index contributed by atoms with van der Waals surface area (Å²) in [7, 11) is -2.31. The minimum Gasteiger partial charge on any atom is -0.474 e. The summed E-state index contributed by atoms with van der Waals surface area (Å²) in [6, 6.07) is 30.3. The number of nitrogens with one attached hydrogen (secondary N) is 2. The SMILES string of the molecule is CO[C@@H]1COc2c([S@](=O)(=NC(c3ccccc3)(c3ccccc3)c3ccccc3)NC(=O)Nc3c4c(cc5c3C[C@H](F)C5)CCC4)cnn2C1. The average Bonchev–Trinajstić information content (AvgIpc) is 3.89. The maximum absolute atomic E-state index is 16.0. The van der Waals surface area contributed by atoms with E-state index in [0.717, 1.165) is 58.2 Å². The molecule has 0 fully saturated rings. The average molecular weight is 692 g/mol. The van der Waals surface area contributed by atoms with E-state index in [1.54, 1.807) is 11.8 Å². The lowest BCUT2D eigenvalue weighted by Crippen LogP contribution is -2.39. The molecule has 11 heteroatoms. The molecule has 2 aliphatic carbocycles. The van der Waals surface area contributed by atoms with E-state index in [9.17, 15) is 9.18 Å². The van der Waals surface area contributed by atoms with Crippen LogP contribution >= 0.6 is 0 Å². The first-order valence-corrected chi connectivity index (χ1v) is 18.4. The molecular weight excluding hydrogens is 654 g/mol. The lowest BCUT2D eigenvalue weighted by molar-refractivity contribution is 0.0165. The molecule has 9 nitrogen and oxygen atoms in total. The third kappa shape index (κ3) is 5.64. The highest BCUT2D eigenvalue weighted by Gasteiger charge is 2.41. The van der Waals surface area contributed by atoms with Crippen LogP contribution in [0.2, 0.25) is 0 Å². The van der Waals surface area contributed by atoms with Gasteiger partial charge in [-0.1, -0.05) is 97.1 Å². The van der Waals surface area contributed by atoms with Crippen LogP contribution in [0.15, 0.2) is 113 Å². The van der Waals surface area contributed by atoms with E-state index in [1.165, 1.54) is 6.20 Å². The number of aromatic nitrogens is 2. The van der Waals surface area contributed by atoms with Crippen molar-refractivity contribution in [1.29, 1.82) is 0 Å². The Morgan fingerprint density at radius 1 is 0.940 bits per heavy atom. The number of alkyl halides is 1. The van der Waals surface area contributed by atoms with E-state index >= 15 is 4.21 Å². The Bertz CT molecular complexity index is 2070. The number of urea groups is 1. The van der Waals surface area contributed by atoms with Crippen molar-refractivity contribution in [2.75, 3.05) is 19.0 Å². The summed E-state index contributed by atoms with van der Waals surface area (Å²) in [6.07, 6.45) is 3.34. The molecule has 0 spiro atoms. The summed E-state index contributed by atoms with van der Waals surface area (Å²) in [6.45, 7) is 0.590. The fourth-order valence-corrected chi connectivity index (χ4v) is 9.46. The van der Waals surface area contributed by atoms with Crippen molar-refractivity contribution < 1.29 is 22.9 Å². The molecule has 3 atom stereocenters. The van der Waals surface area contributed by atoms with Gasteiger partial charge in [0.1, 0.15) is 29.3 Å². The van der Waals surface area contributed by atoms with E-state index in [-0.39, 0.29) is 29.9 Å². The van der Waals surface area contributed by atoms with E-state index in [2.05, 4.69) is 21.2 Å². The van der Waals surface area contributed by atoms with E-state index < -0.39 is 27.7 Å². The number of methoxy groups -OCH3 is 1. The normalized spacial score (nSPS) is 19.0. The smallest absolute Gasteiger partial charge is 0.331 e. The van der Waals surface area contributed by atoms with Crippen molar-refractivity contribution in [3.63, 3.8) is 0 Å². The number of rotatable bonds is 8. The van der Waals surface area contributed by atoms with Crippen LogP contribution < -0.4 is 14.8 Å². The van der Waals surface area contributed by atoms with Gasteiger partial charge in [-0.25, -0.2) is 22.8 Å². The first kappa shape index (κ1) is 32.2. The standard InChI is InChI=1S/C39H38FN5O4S/c1-48-32-24-45-37(49-25-32)35(23-41-45)50(47,43-38(46)42-36-33-19-11-12-26(33)20-27-21-31(40)22-34(27)36)44-39(28-13-5-2-6-14-28,29-15-7-3-8-16-29)30-17-9-4-10-18-30/h2-10,13-18,20,23,31-32H,11-12,19,21-22,24-25H2,1H3,(H2,42,43,44,46,47)/t31-,32+,50-/m1/s1. The zero-order chi connectivity index (χ0) is 34.3. The Morgan fingerprint density at radius 3 is 2.20 bits per heavy atom. The second-order valence-corrected chi connectivity index (χ2v) is 14.9. The predicted octanol–water partition coefficient (Wildman–Crippen LogP) is 6.77. The second-order valence-electron chi connectivity index (χ2n) is 13.0. The number of halogens is 1. The van der Waals surface area contributed by atoms with Crippen molar-refractivity contribution in [1.82, 2.24) is 14.5 Å². The second kappa shape index (κ2) is 13.0. The number of aryl methyl sites for hydroxylation is 1. The van der Waals surface area contributed by atoms with Crippen molar-refractivity contribution >= 4 is 21.6 Å².